The van der Waals surface area contributed by atoms with Gasteiger partial charge in [-0.1, -0.05) is 30.3 Å². The molecular formula is C21H16FN3O2. The van der Waals surface area contributed by atoms with Crippen molar-refractivity contribution >= 4 is 23.2 Å². The minimum Gasteiger partial charge on any atom is -0.319 e. The third-order valence-corrected chi connectivity index (χ3v) is 4.50. The summed E-state index contributed by atoms with van der Waals surface area (Å²) in [5.41, 5.74) is 2.47. The van der Waals surface area contributed by atoms with Crippen molar-refractivity contribution in [2.75, 3.05) is 16.8 Å². The Labute approximate surface area is 155 Å². The molecule has 5 nitrogen and oxygen atoms in total. The van der Waals surface area contributed by atoms with E-state index in [2.05, 4.69) is 10.3 Å². The molecule has 0 saturated carbocycles. The summed E-state index contributed by atoms with van der Waals surface area (Å²) in [5, 5.41) is 2.51. The quantitative estimate of drug-likeness (QED) is 0.774. The van der Waals surface area contributed by atoms with Crippen molar-refractivity contribution in [1.82, 2.24) is 4.98 Å². The number of carbonyl (C=O) groups is 2. The lowest BCUT2D eigenvalue weighted by Crippen LogP contribution is -2.30. The minimum atomic E-state index is -0.523. The van der Waals surface area contributed by atoms with E-state index in [9.17, 15) is 14.0 Å². The first-order valence-electron chi connectivity index (χ1n) is 8.55. The van der Waals surface area contributed by atoms with Gasteiger partial charge in [-0.2, -0.15) is 0 Å². The predicted molar refractivity (Wildman–Crippen MR) is 100 cm³/mol. The molecule has 0 radical (unpaired) electrons. The highest BCUT2D eigenvalue weighted by molar-refractivity contribution is 6.09. The number of rotatable bonds is 3. The van der Waals surface area contributed by atoms with Crippen LogP contribution in [-0.4, -0.2) is 23.3 Å². The van der Waals surface area contributed by atoms with Gasteiger partial charge < -0.3 is 10.2 Å². The van der Waals surface area contributed by atoms with E-state index in [0.717, 1.165) is 17.7 Å². The summed E-state index contributed by atoms with van der Waals surface area (Å²) < 4.78 is 13.7. The SMILES string of the molecule is O=C(Nc1ccccc1F)c1ccnc(C(=O)N2CCc3ccccc32)c1. The maximum absolute atomic E-state index is 13.7. The molecule has 1 aliphatic heterocycles. The van der Waals surface area contributed by atoms with Gasteiger partial charge in [-0.15, -0.1) is 0 Å². The van der Waals surface area contributed by atoms with E-state index in [0.29, 0.717) is 6.54 Å². The number of hydrogen-bond donors (Lipinski definition) is 1. The number of halogens is 1. The molecule has 0 bridgehead atoms. The van der Waals surface area contributed by atoms with Crippen molar-refractivity contribution in [2.45, 2.75) is 6.42 Å². The van der Waals surface area contributed by atoms with Gasteiger partial charge in [0.1, 0.15) is 11.5 Å². The Morgan fingerprint density at radius 1 is 1.04 bits per heavy atom. The molecule has 0 spiro atoms. The van der Waals surface area contributed by atoms with Gasteiger partial charge in [-0.05, 0) is 42.3 Å². The molecule has 0 saturated heterocycles. The van der Waals surface area contributed by atoms with Gasteiger partial charge in [0.05, 0.1) is 5.69 Å². The van der Waals surface area contributed by atoms with Crippen LogP contribution in [0.2, 0.25) is 0 Å². The Morgan fingerprint density at radius 2 is 1.81 bits per heavy atom. The number of nitrogens with zero attached hydrogens (tertiary/aromatic N) is 2. The molecule has 0 atom stereocenters. The second kappa shape index (κ2) is 6.99. The summed E-state index contributed by atoms with van der Waals surface area (Å²) in [7, 11) is 0. The minimum absolute atomic E-state index is 0.0839. The summed E-state index contributed by atoms with van der Waals surface area (Å²) in [6.07, 6.45) is 2.20. The molecule has 6 heteroatoms. The second-order valence-electron chi connectivity index (χ2n) is 6.20. The fraction of sp³-hybridized carbons (Fsp3) is 0.0952. The number of aromatic nitrogens is 1. The maximum Gasteiger partial charge on any atom is 0.276 e. The number of para-hydroxylation sites is 2. The highest BCUT2D eigenvalue weighted by atomic mass is 19.1. The first kappa shape index (κ1) is 16.9. The van der Waals surface area contributed by atoms with Crippen LogP contribution in [0.25, 0.3) is 0 Å². The van der Waals surface area contributed by atoms with Crippen LogP contribution in [0.1, 0.15) is 26.4 Å². The highest BCUT2D eigenvalue weighted by Crippen LogP contribution is 2.28. The molecule has 1 aromatic heterocycles. The molecule has 134 valence electrons. The van der Waals surface area contributed by atoms with Crippen LogP contribution in [0, 0.1) is 5.82 Å². The fourth-order valence-electron chi connectivity index (χ4n) is 3.13. The van der Waals surface area contributed by atoms with Crippen LogP contribution >= 0.6 is 0 Å². The largest absolute Gasteiger partial charge is 0.319 e. The van der Waals surface area contributed by atoms with Gasteiger partial charge >= 0.3 is 0 Å². The van der Waals surface area contributed by atoms with Crippen LogP contribution in [0.5, 0.6) is 0 Å². The van der Waals surface area contributed by atoms with E-state index in [1.807, 2.05) is 24.3 Å². The lowest BCUT2D eigenvalue weighted by molar-refractivity contribution is 0.0984. The zero-order valence-corrected chi connectivity index (χ0v) is 14.4. The van der Waals surface area contributed by atoms with Gasteiger partial charge in [0.15, 0.2) is 0 Å². The Morgan fingerprint density at radius 3 is 2.67 bits per heavy atom. The topological polar surface area (TPSA) is 62.3 Å². The van der Waals surface area contributed by atoms with Crippen molar-refractivity contribution in [1.29, 1.82) is 0 Å². The van der Waals surface area contributed by atoms with Crippen molar-refractivity contribution in [3.05, 3.63) is 89.5 Å². The Kier molecular flexibility index (Phi) is 4.38. The summed E-state index contributed by atoms with van der Waals surface area (Å²) in [6.45, 7) is 0.575. The monoisotopic (exact) mass is 361 g/mol. The van der Waals surface area contributed by atoms with Crippen LogP contribution in [0.15, 0.2) is 66.9 Å². The number of anilines is 2. The number of benzene rings is 2. The van der Waals surface area contributed by atoms with E-state index in [1.165, 1.54) is 30.5 Å². The number of nitrogens with one attached hydrogen (secondary N) is 1. The van der Waals surface area contributed by atoms with Crippen molar-refractivity contribution < 1.29 is 14.0 Å². The molecule has 27 heavy (non-hydrogen) atoms. The molecule has 4 rings (SSSR count). The summed E-state index contributed by atoms with van der Waals surface area (Å²) in [6, 6.07) is 16.6. The third kappa shape index (κ3) is 3.29. The maximum atomic E-state index is 13.7. The third-order valence-electron chi connectivity index (χ3n) is 4.50. The number of fused-ring (bicyclic) bond motifs is 1. The summed E-state index contributed by atoms with van der Waals surface area (Å²) in [5.74, 6) is -1.29. The highest BCUT2D eigenvalue weighted by Gasteiger charge is 2.26. The van der Waals surface area contributed by atoms with E-state index in [1.54, 1.807) is 17.0 Å². The lowest BCUT2D eigenvalue weighted by atomic mass is 10.1. The van der Waals surface area contributed by atoms with E-state index in [4.69, 9.17) is 0 Å². The Balaban J connectivity index is 1.57. The Hall–Kier alpha value is -3.54. The zero-order chi connectivity index (χ0) is 18.8. The first-order chi connectivity index (χ1) is 13.1. The van der Waals surface area contributed by atoms with E-state index >= 15 is 0 Å². The fourth-order valence-corrected chi connectivity index (χ4v) is 3.13. The molecule has 0 unspecified atom stereocenters. The zero-order valence-electron chi connectivity index (χ0n) is 14.4. The molecule has 0 aliphatic carbocycles. The molecule has 2 amide bonds. The van der Waals surface area contributed by atoms with Crippen LogP contribution in [-0.2, 0) is 6.42 Å². The number of amides is 2. The second-order valence-corrected chi connectivity index (χ2v) is 6.20. The van der Waals surface area contributed by atoms with Crippen molar-refractivity contribution in [2.24, 2.45) is 0 Å². The number of carbonyl (C=O) groups excluding carboxylic acids is 2. The standard InChI is InChI=1S/C21H16FN3O2/c22-16-6-2-3-7-17(16)24-20(26)15-9-11-23-18(13-15)21(27)25-12-10-14-5-1-4-8-19(14)25/h1-9,11,13H,10,12H2,(H,24,26). The number of hydrogen-bond acceptors (Lipinski definition) is 3. The van der Waals surface area contributed by atoms with Crippen LogP contribution in [0.4, 0.5) is 15.8 Å². The number of pyridine rings is 1. The molecule has 3 aromatic rings. The first-order valence-corrected chi connectivity index (χ1v) is 8.55. The normalized spacial score (nSPS) is 12.6. The van der Waals surface area contributed by atoms with Gasteiger partial charge in [-0.3, -0.25) is 14.6 Å². The van der Waals surface area contributed by atoms with Crippen molar-refractivity contribution in [3.8, 4) is 0 Å². The Bertz CT molecular complexity index is 1040. The van der Waals surface area contributed by atoms with E-state index < -0.39 is 11.7 Å². The van der Waals surface area contributed by atoms with Crippen LogP contribution < -0.4 is 10.2 Å². The lowest BCUT2D eigenvalue weighted by Gasteiger charge is -2.17. The molecular weight excluding hydrogens is 345 g/mol. The summed E-state index contributed by atoms with van der Waals surface area (Å²) in [4.78, 5) is 31.1. The van der Waals surface area contributed by atoms with Gasteiger partial charge in [0, 0.05) is 24.0 Å². The molecule has 2 heterocycles. The summed E-state index contributed by atoms with van der Waals surface area (Å²) >= 11 is 0. The molecule has 1 N–H and O–H groups in total. The molecule has 2 aromatic carbocycles. The molecule has 1 aliphatic rings. The van der Waals surface area contributed by atoms with Crippen LogP contribution in [0.3, 0.4) is 0 Å². The van der Waals surface area contributed by atoms with Crippen molar-refractivity contribution in [3.63, 3.8) is 0 Å². The predicted octanol–water partition coefficient (Wildman–Crippen LogP) is 3.68. The van der Waals surface area contributed by atoms with Gasteiger partial charge in [0.25, 0.3) is 11.8 Å². The van der Waals surface area contributed by atoms with Gasteiger partial charge in [-0.25, -0.2) is 4.39 Å². The van der Waals surface area contributed by atoms with E-state index in [-0.39, 0.29) is 22.9 Å². The smallest absolute Gasteiger partial charge is 0.276 e. The average Bonchev–Trinajstić information content (AvgIpc) is 3.13. The molecule has 0 fully saturated rings. The average molecular weight is 361 g/mol. The van der Waals surface area contributed by atoms with Gasteiger partial charge in [0.2, 0.25) is 0 Å².